The molecule has 0 aromatic heterocycles. The molecular formula is C12H16ClFN2O2. The van der Waals surface area contributed by atoms with Crippen LogP contribution in [-0.2, 0) is 0 Å². The molecule has 1 amide bonds. The quantitative estimate of drug-likeness (QED) is 0.868. The number of hydrogen-bond acceptors (Lipinski definition) is 3. The molecule has 0 bridgehead atoms. The highest BCUT2D eigenvalue weighted by Crippen LogP contribution is 2.19. The van der Waals surface area contributed by atoms with Crippen LogP contribution in [0.1, 0.15) is 10.4 Å². The van der Waals surface area contributed by atoms with Crippen LogP contribution in [0, 0.1) is 11.7 Å². The monoisotopic (exact) mass is 274 g/mol. The van der Waals surface area contributed by atoms with Gasteiger partial charge in [0.15, 0.2) is 0 Å². The van der Waals surface area contributed by atoms with Crippen LogP contribution in [0.4, 0.5) is 4.39 Å². The molecule has 1 fully saturated rings. The Morgan fingerprint density at radius 3 is 2.83 bits per heavy atom. The molecule has 1 aromatic rings. The molecule has 1 aromatic carbocycles. The summed E-state index contributed by atoms with van der Waals surface area (Å²) in [5.41, 5.74) is 0.236. The van der Waals surface area contributed by atoms with E-state index in [-0.39, 0.29) is 23.9 Å². The van der Waals surface area contributed by atoms with Gasteiger partial charge in [-0.05, 0) is 18.2 Å². The fourth-order valence-corrected chi connectivity index (χ4v) is 1.68. The highest BCUT2D eigenvalue weighted by molar-refractivity contribution is 5.96. The van der Waals surface area contributed by atoms with E-state index in [4.69, 9.17) is 4.74 Å². The molecule has 0 unspecified atom stereocenters. The van der Waals surface area contributed by atoms with E-state index < -0.39 is 5.82 Å². The van der Waals surface area contributed by atoms with Crippen molar-refractivity contribution in [1.82, 2.24) is 10.6 Å². The average molecular weight is 275 g/mol. The number of ether oxygens (including phenoxy) is 1. The second-order valence-electron chi connectivity index (χ2n) is 4.08. The maximum atomic E-state index is 13.1. The van der Waals surface area contributed by atoms with Gasteiger partial charge in [0.05, 0.1) is 12.7 Å². The molecule has 6 heteroatoms. The molecule has 1 aliphatic rings. The third kappa shape index (κ3) is 3.34. The smallest absolute Gasteiger partial charge is 0.255 e. The SMILES string of the molecule is COc1ccc(F)cc1C(=O)NCC1CNC1.Cl. The van der Waals surface area contributed by atoms with Crippen LogP contribution in [0.15, 0.2) is 18.2 Å². The normalized spacial score (nSPS) is 14.3. The van der Waals surface area contributed by atoms with Crippen molar-refractivity contribution < 1.29 is 13.9 Å². The van der Waals surface area contributed by atoms with Gasteiger partial charge in [0.1, 0.15) is 11.6 Å². The number of rotatable bonds is 4. The predicted molar refractivity (Wildman–Crippen MR) is 68.9 cm³/mol. The minimum absolute atomic E-state index is 0. The van der Waals surface area contributed by atoms with E-state index in [0.717, 1.165) is 13.1 Å². The summed E-state index contributed by atoms with van der Waals surface area (Å²) in [5.74, 6) is 0.114. The third-order valence-corrected chi connectivity index (χ3v) is 2.82. The van der Waals surface area contributed by atoms with Gasteiger partial charge >= 0.3 is 0 Å². The molecule has 0 spiro atoms. The molecule has 0 atom stereocenters. The fourth-order valence-electron chi connectivity index (χ4n) is 1.68. The van der Waals surface area contributed by atoms with E-state index in [2.05, 4.69) is 10.6 Å². The summed E-state index contributed by atoms with van der Waals surface area (Å²) in [5, 5.41) is 5.90. The Bertz CT molecular complexity index is 425. The zero-order chi connectivity index (χ0) is 12.3. The lowest BCUT2D eigenvalue weighted by atomic mass is 10.0. The summed E-state index contributed by atoms with van der Waals surface area (Å²) in [4.78, 5) is 11.8. The van der Waals surface area contributed by atoms with Crippen molar-refractivity contribution >= 4 is 18.3 Å². The lowest BCUT2D eigenvalue weighted by Crippen LogP contribution is -2.48. The number of carbonyl (C=O) groups is 1. The van der Waals surface area contributed by atoms with Crippen molar-refractivity contribution in [3.05, 3.63) is 29.6 Å². The summed E-state index contributed by atoms with van der Waals surface area (Å²) in [6.07, 6.45) is 0. The lowest BCUT2D eigenvalue weighted by molar-refractivity contribution is 0.0938. The van der Waals surface area contributed by atoms with E-state index in [1.807, 2.05) is 0 Å². The van der Waals surface area contributed by atoms with Crippen LogP contribution in [0.2, 0.25) is 0 Å². The van der Waals surface area contributed by atoms with Crippen molar-refractivity contribution in [2.75, 3.05) is 26.7 Å². The first-order chi connectivity index (χ1) is 8.20. The van der Waals surface area contributed by atoms with Gasteiger partial charge in [-0.2, -0.15) is 0 Å². The van der Waals surface area contributed by atoms with Gasteiger partial charge in [-0.3, -0.25) is 4.79 Å². The second-order valence-corrected chi connectivity index (χ2v) is 4.08. The van der Waals surface area contributed by atoms with Gasteiger partial charge in [0.2, 0.25) is 0 Å². The maximum absolute atomic E-state index is 13.1. The highest BCUT2D eigenvalue weighted by Gasteiger charge is 2.19. The number of halogens is 2. The minimum atomic E-state index is -0.443. The van der Waals surface area contributed by atoms with Crippen molar-refractivity contribution in [3.8, 4) is 5.75 Å². The molecular weight excluding hydrogens is 259 g/mol. The van der Waals surface area contributed by atoms with Gasteiger partial charge in [0, 0.05) is 25.6 Å². The zero-order valence-electron chi connectivity index (χ0n) is 10.0. The lowest BCUT2D eigenvalue weighted by Gasteiger charge is -2.27. The van der Waals surface area contributed by atoms with Crippen LogP contribution in [-0.4, -0.2) is 32.7 Å². The van der Waals surface area contributed by atoms with E-state index in [1.165, 1.54) is 25.3 Å². The zero-order valence-corrected chi connectivity index (χ0v) is 10.8. The Kier molecular flexibility index (Phi) is 5.37. The van der Waals surface area contributed by atoms with E-state index >= 15 is 0 Å². The number of hydrogen-bond donors (Lipinski definition) is 2. The van der Waals surface area contributed by atoms with Crippen LogP contribution < -0.4 is 15.4 Å². The molecule has 0 aliphatic carbocycles. The van der Waals surface area contributed by atoms with Crippen LogP contribution in [0.25, 0.3) is 0 Å². The standard InChI is InChI=1S/C12H15FN2O2.ClH/c1-17-11-3-2-9(13)4-10(11)12(16)15-7-8-5-14-6-8;/h2-4,8,14H,5-7H2,1H3,(H,15,16);1H. The Labute approximate surface area is 111 Å². The maximum Gasteiger partial charge on any atom is 0.255 e. The topological polar surface area (TPSA) is 50.4 Å². The summed E-state index contributed by atoms with van der Waals surface area (Å²) in [6.45, 7) is 2.44. The molecule has 4 nitrogen and oxygen atoms in total. The Hall–Kier alpha value is -1.33. The molecule has 1 heterocycles. The predicted octanol–water partition coefficient (Wildman–Crippen LogP) is 1.21. The van der Waals surface area contributed by atoms with Gasteiger partial charge in [-0.25, -0.2) is 4.39 Å². The highest BCUT2D eigenvalue weighted by atomic mass is 35.5. The summed E-state index contributed by atoms with van der Waals surface area (Å²) in [6, 6.07) is 3.91. The Morgan fingerprint density at radius 2 is 2.28 bits per heavy atom. The van der Waals surface area contributed by atoms with Crippen LogP contribution in [0.5, 0.6) is 5.75 Å². The first-order valence-electron chi connectivity index (χ1n) is 5.53. The number of carbonyl (C=O) groups excluding carboxylic acids is 1. The number of benzene rings is 1. The first-order valence-corrected chi connectivity index (χ1v) is 5.53. The molecule has 2 N–H and O–H groups in total. The van der Waals surface area contributed by atoms with Crippen LogP contribution in [0.3, 0.4) is 0 Å². The molecule has 100 valence electrons. The minimum Gasteiger partial charge on any atom is -0.496 e. The molecule has 0 saturated carbocycles. The molecule has 18 heavy (non-hydrogen) atoms. The average Bonchev–Trinajstić information content (AvgIpc) is 2.26. The molecule has 2 rings (SSSR count). The molecule has 1 saturated heterocycles. The summed E-state index contributed by atoms with van der Waals surface area (Å²) >= 11 is 0. The van der Waals surface area contributed by atoms with Crippen molar-refractivity contribution in [2.24, 2.45) is 5.92 Å². The van der Waals surface area contributed by atoms with Crippen molar-refractivity contribution in [3.63, 3.8) is 0 Å². The fraction of sp³-hybridized carbons (Fsp3) is 0.417. The number of amides is 1. The third-order valence-electron chi connectivity index (χ3n) is 2.82. The van der Waals surface area contributed by atoms with Gasteiger partial charge in [-0.1, -0.05) is 0 Å². The number of methoxy groups -OCH3 is 1. The van der Waals surface area contributed by atoms with Gasteiger partial charge in [0.25, 0.3) is 5.91 Å². The van der Waals surface area contributed by atoms with E-state index in [1.54, 1.807) is 0 Å². The Morgan fingerprint density at radius 1 is 1.56 bits per heavy atom. The summed E-state index contributed by atoms with van der Waals surface area (Å²) in [7, 11) is 1.46. The van der Waals surface area contributed by atoms with E-state index in [0.29, 0.717) is 18.2 Å². The van der Waals surface area contributed by atoms with Gasteiger partial charge in [-0.15, -0.1) is 12.4 Å². The molecule has 1 aliphatic heterocycles. The number of nitrogens with one attached hydrogen (secondary N) is 2. The largest absolute Gasteiger partial charge is 0.496 e. The van der Waals surface area contributed by atoms with Gasteiger partial charge < -0.3 is 15.4 Å². The summed E-state index contributed by atoms with van der Waals surface area (Å²) < 4.78 is 18.1. The second kappa shape index (κ2) is 6.56. The van der Waals surface area contributed by atoms with Crippen molar-refractivity contribution in [2.45, 2.75) is 0 Å². The van der Waals surface area contributed by atoms with E-state index in [9.17, 15) is 9.18 Å². The first kappa shape index (κ1) is 14.7. The van der Waals surface area contributed by atoms with Crippen LogP contribution >= 0.6 is 12.4 Å². The Balaban J connectivity index is 0.00000162. The van der Waals surface area contributed by atoms with Crippen molar-refractivity contribution in [1.29, 1.82) is 0 Å². The molecule has 0 radical (unpaired) electrons.